The summed E-state index contributed by atoms with van der Waals surface area (Å²) in [6, 6.07) is -0.283. The van der Waals surface area contributed by atoms with E-state index in [1.165, 1.54) is 4.68 Å². The highest BCUT2D eigenvalue weighted by Gasteiger charge is 2.29. The molecular formula is C12H17BrN4O2. The monoisotopic (exact) mass is 328 g/mol. The molecule has 7 heteroatoms. The summed E-state index contributed by atoms with van der Waals surface area (Å²) < 4.78 is 1.82. The minimum Gasteiger partial charge on any atom is -0.371 e. The van der Waals surface area contributed by atoms with Crippen LogP contribution in [-0.4, -0.2) is 40.2 Å². The number of carbonyl (C=O) groups is 1. The molecule has 1 aromatic heterocycles. The molecule has 6 nitrogen and oxygen atoms in total. The summed E-state index contributed by atoms with van der Waals surface area (Å²) in [7, 11) is 1.77. The lowest BCUT2D eigenvalue weighted by Crippen LogP contribution is -2.32. The highest BCUT2D eigenvalue weighted by atomic mass is 79.9. The van der Waals surface area contributed by atoms with E-state index < -0.39 is 0 Å². The Morgan fingerprint density at radius 3 is 2.68 bits per heavy atom. The summed E-state index contributed by atoms with van der Waals surface area (Å²) in [6.45, 7) is 4.51. The zero-order chi connectivity index (χ0) is 14.2. The number of anilines is 1. The Kier molecular flexibility index (Phi) is 3.93. The molecule has 1 unspecified atom stereocenters. The molecule has 1 aliphatic heterocycles. The Morgan fingerprint density at radius 1 is 1.47 bits per heavy atom. The van der Waals surface area contributed by atoms with E-state index in [9.17, 15) is 9.59 Å². The van der Waals surface area contributed by atoms with E-state index in [1.54, 1.807) is 18.1 Å². The number of likely N-dealkylation sites (N-methyl/N-ethyl adjacent to an activating group) is 1. The number of rotatable bonds is 3. The fraction of sp³-hybridized carbons (Fsp3) is 0.583. The molecule has 0 radical (unpaired) electrons. The van der Waals surface area contributed by atoms with Crippen molar-refractivity contribution in [1.82, 2.24) is 14.7 Å². The van der Waals surface area contributed by atoms with Crippen LogP contribution >= 0.6 is 15.9 Å². The molecule has 2 rings (SSSR count). The number of hydrogen-bond acceptors (Lipinski definition) is 4. The van der Waals surface area contributed by atoms with Gasteiger partial charge in [0.2, 0.25) is 5.91 Å². The molecule has 1 fully saturated rings. The van der Waals surface area contributed by atoms with Gasteiger partial charge in [-0.25, -0.2) is 4.68 Å². The van der Waals surface area contributed by atoms with Gasteiger partial charge in [0.15, 0.2) is 0 Å². The lowest BCUT2D eigenvalue weighted by molar-refractivity contribution is -0.127. The summed E-state index contributed by atoms with van der Waals surface area (Å²) in [5, 5.41) is 7.19. The third-order valence-corrected chi connectivity index (χ3v) is 3.96. The summed E-state index contributed by atoms with van der Waals surface area (Å²) in [5.74, 6) is 0.0416. The standard InChI is InChI=1S/C12H17BrN4O2/c1-7(2)17-12(19)10(13)9(6-14-17)15-8-4-5-16(3)11(8)18/h6-8,15H,4-5H2,1-3H3. The van der Waals surface area contributed by atoms with Crippen molar-refractivity contribution in [1.29, 1.82) is 0 Å². The molecule has 1 amide bonds. The Balaban J connectivity index is 2.25. The van der Waals surface area contributed by atoms with Crippen LogP contribution in [0.15, 0.2) is 15.5 Å². The van der Waals surface area contributed by atoms with Crippen molar-refractivity contribution in [2.24, 2.45) is 0 Å². The Morgan fingerprint density at radius 2 is 2.16 bits per heavy atom. The quantitative estimate of drug-likeness (QED) is 0.906. The number of carbonyl (C=O) groups excluding carboxylic acids is 1. The van der Waals surface area contributed by atoms with Crippen LogP contribution in [0.2, 0.25) is 0 Å². The maximum absolute atomic E-state index is 12.1. The SMILES string of the molecule is CC(C)n1ncc(NC2CCN(C)C2=O)c(Br)c1=O. The minimum absolute atomic E-state index is 0.00269. The van der Waals surface area contributed by atoms with Gasteiger partial charge in [0.05, 0.1) is 17.9 Å². The molecule has 104 valence electrons. The van der Waals surface area contributed by atoms with Gasteiger partial charge in [-0.15, -0.1) is 0 Å². The van der Waals surface area contributed by atoms with E-state index in [2.05, 4.69) is 26.3 Å². The van der Waals surface area contributed by atoms with Crippen LogP contribution < -0.4 is 10.9 Å². The Labute approximate surface area is 119 Å². The number of aromatic nitrogens is 2. The number of nitrogens with zero attached hydrogens (tertiary/aromatic N) is 3. The van der Waals surface area contributed by atoms with Gasteiger partial charge in [-0.05, 0) is 36.2 Å². The molecule has 2 heterocycles. The van der Waals surface area contributed by atoms with Crippen molar-refractivity contribution in [2.45, 2.75) is 32.4 Å². The molecule has 0 aromatic carbocycles. The van der Waals surface area contributed by atoms with Gasteiger partial charge < -0.3 is 10.2 Å². The average Bonchev–Trinajstić information content (AvgIpc) is 2.66. The van der Waals surface area contributed by atoms with E-state index in [4.69, 9.17) is 0 Å². The van der Waals surface area contributed by atoms with E-state index >= 15 is 0 Å². The van der Waals surface area contributed by atoms with Crippen molar-refractivity contribution in [3.63, 3.8) is 0 Å². The van der Waals surface area contributed by atoms with Gasteiger partial charge in [0, 0.05) is 13.6 Å². The first kappa shape index (κ1) is 14.0. The van der Waals surface area contributed by atoms with Gasteiger partial charge in [-0.2, -0.15) is 5.10 Å². The molecule has 0 spiro atoms. The third-order valence-electron chi connectivity index (χ3n) is 3.19. The number of likely N-dealkylation sites (tertiary alicyclic amines) is 1. The fourth-order valence-electron chi connectivity index (χ4n) is 2.06. The summed E-state index contributed by atoms with van der Waals surface area (Å²) in [4.78, 5) is 25.6. The fourth-order valence-corrected chi connectivity index (χ4v) is 2.46. The number of halogens is 1. The van der Waals surface area contributed by atoms with Crippen molar-refractivity contribution in [3.8, 4) is 0 Å². The molecule has 1 atom stereocenters. The molecule has 0 bridgehead atoms. The predicted octanol–water partition coefficient (Wildman–Crippen LogP) is 1.23. The van der Waals surface area contributed by atoms with E-state index in [0.29, 0.717) is 10.2 Å². The maximum atomic E-state index is 12.1. The maximum Gasteiger partial charge on any atom is 0.283 e. The van der Waals surface area contributed by atoms with E-state index in [1.807, 2.05) is 13.8 Å². The number of hydrogen-bond donors (Lipinski definition) is 1. The van der Waals surface area contributed by atoms with Gasteiger partial charge >= 0.3 is 0 Å². The predicted molar refractivity (Wildman–Crippen MR) is 76.2 cm³/mol. The van der Waals surface area contributed by atoms with Gasteiger partial charge in [0.1, 0.15) is 10.5 Å². The topological polar surface area (TPSA) is 67.2 Å². The first-order valence-corrected chi connectivity index (χ1v) is 7.00. The van der Waals surface area contributed by atoms with Crippen molar-refractivity contribution in [3.05, 3.63) is 21.0 Å². The zero-order valence-corrected chi connectivity index (χ0v) is 12.8. The largest absolute Gasteiger partial charge is 0.371 e. The van der Waals surface area contributed by atoms with E-state index in [-0.39, 0.29) is 23.6 Å². The highest BCUT2D eigenvalue weighted by Crippen LogP contribution is 2.21. The molecule has 0 aliphatic carbocycles. The van der Waals surface area contributed by atoms with Gasteiger partial charge in [-0.3, -0.25) is 9.59 Å². The zero-order valence-electron chi connectivity index (χ0n) is 11.2. The van der Waals surface area contributed by atoms with Crippen molar-refractivity contribution in [2.75, 3.05) is 18.9 Å². The second-order valence-electron chi connectivity index (χ2n) is 4.96. The summed E-state index contributed by atoms with van der Waals surface area (Å²) in [6.07, 6.45) is 2.31. The van der Waals surface area contributed by atoms with Crippen LogP contribution in [0, 0.1) is 0 Å². The van der Waals surface area contributed by atoms with Crippen LogP contribution in [0.5, 0.6) is 0 Å². The third kappa shape index (κ3) is 2.65. The van der Waals surface area contributed by atoms with Crippen LogP contribution in [0.25, 0.3) is 0 Å². The smallest absolute Gasteiger partial charge is 0.283 e. The van der Waals surface area contributed by atoms with Gasteiger partial charge in [-0.1, -0.05) is 0 Å². The first-order valence-electron chi connectivity index (χ1n) is 6.20. The molecule has 1 aliphatic rings. The van der Waals surface area contributed by atoms with Crippen LogP contribution in [0.1, 0.15) is 26.3 Å². The number of amides is 1. The minimum atomic E-state index is -0.280. The Bertz CT molecular complexity index is 555. The molecule has 19 heavy (non-hydrogen) atoms. The molecule has 0 saturated carbocycles. The number of nitrogens with one attached hydrogen (secondary N) is 1. The summed E-state index contributed by atoms with van der Waals surface area (Å²) >= 11 is 3.28. The summed E-state index contributed by atoms with van der Waals surface area (Å²) in [5.41, 5.74) is 0.370. The normalized spacial score (nSPS) is 19.3. The van der Waals surface area contributed by atoms with Crippen LogP contribution in [0.4, 0.5) is 5.69 Å². The molecule has 1 N–H and O–H groups in total. The Hall–Kier alpha value is -1.37. The second-order valence-corrected chi connectivity index (χ2v) is 5.75. The average molecular weight is 329 g/mol. The van der Waals surface area contributed by atoms with Gasteiger partial charge in [0.25, 0.3) is 5.56 Å². The molecular weight excluding hydrogens is 312 g/mol. The van der Waals surface area contributed by atoms with Crippen molar-refractivity contribution >= 4 is 27.5 Å². The van der Waals surface area contributed by atoms with Crippen molar-refractivity contribution < 1.29 is 4.79 Å². The second kappa shape index (κ2) is 5.32. The van der Waals surface area contributed by atoms with E-state index in [0.717, 1.165) is 13.0 Å². The lowest BCUT2D eigenvalue weighted by Gasteiger charge is -2.16. The molecule has 1 aromatic rings. The van der Waals surface area contributed by atoms with Crippen LogP contribution in [-0.2, 0) is 4.79 Å². The lowest BCUT2D eigenvalue weighted by atomic mass is 10.2. The molecule has 1 saturated heterocycles. The highest BCUT2D eigenvalue weighted by molar-refractivity contribution is 9.10. The van der Waals surface area contributed by atoms with Crippen LogP contribution in [0.3, 0.4) is 0 Å². The first-order chi connectivity index (χ1) is 8.91.